The average molecular weight is 471 g/mol. The van der Waals surface area contributed by atoms with Crippen LogP contribution in [0.4, 0.5) is 0 Å². The van der Waals surface area contributed by atoms with Crippen molar-refractivity contribution < 1.29 is 0 Å². The number of rotatable bonds is 5. The highest BCUT2D eigenvalue weighted by molar-refractivity contribution is 6.35. The van der Waals surface area contributed by atoms with Crippen molar-refractivity contribution in [2.75, 3.05) is 0 Å². The van der Waals surface area contributed by atoms with Gasteiger partial charge in [-0.2, -0.15) is 14.9 Å². The molecule has 7 nitrogen and oxygen atoms in total. The lowest BCUT2D eigenvalue weighted by atomic mass is 10.1. The second-order valence-corrected chi connectivity index (χ2v) is 10.1. The van der Waals surface area contributed by atoms with E-state index in [0.29, 0.717) is 33.6 Å². The van der Waals surface area contributed by atoms with Crippen molar-refractivity contribution in [3.8, 4) is 16.8 Å². The Morgan fingerprint density at radius 3 is 2.65 bits per heavy atom. The fourth-order valence-electron chi connectivity index (χ4n) is 4.82. The van der Waals surface area contributed by atoms with Gasteiger partial charge in [-0.1, -0.05) is 17.7 Å². The van der Waals surface area contributed by atoms with Gasteiger partial charge in [-0.3, -0.25) is 14.5 Å². The first-order chi connectivity index (χ1) is 16.5. The first kappa shape index (κ1) is 20.0. The summed E-state index contributed by atoms with van der Waals surface area (Å²) in [6.45, 7) is 0.844. The molecule has 0 spiro atoms. The Labute approximate surface area is 200 Å². The minimum atomic E-state index is -0.177. The van der Waals surface area contributed by atoms with Crippen LogP contribution in [-0.4, -0.2) is 29.1 Å². The van der Waals surface area contributed by atoms with Crippen LogP contribution in [0.5, 0.6) is 0 Å². The molecule has 0 atom stereocenters. The number of aryl methyl sites for hydroxylation is 1. The van der Waals surface area contributed by atoms with Gasteiger partial charge >= 0.3 is 0 Å². The molecule has 0 radical (unpaired) electrons. The first-order valence-electron chi connectivity index (χ1n) is 11.8. The van der Waals surface area contributed by atoms with E-state index in [0.717, 1.165) is 34.2 Å². The largest absolute Gasteiger partial charge is 0.344 e. The summed E-state index contributed by atoms with van der Waals surface area (Å²) in [6.07, 6.45) is 10.5. The molecule has 4 aromatic heterocycles. The van der Waals surface area contributed by atoms with Crippen LogP contribution in [0, 0.1) is 5.92 Å². The molecule has 2 aliphatic carbocycles. The predicted octanol–water partition coefficient (Wildman–Crippen LogP) is 5.08. The van der Waals surface area contributed by atoms with Gasteiger partial charge in [0.25, 0.3) is 5.56 Å². The predicted molar refractivity (Wildman–Crippen MR) is 133 cm³/mol. The molecule has 0 amide bonds. The fraction of sp³-hybridized carbons (Fsp3) is 0.308. The average Bonchev–Trinajstić information content (AvgIpc) is 3.75. The lowest BCUT2D eigenvalue weighted by molar-refractivity contribution is 0.646. The molecule has 0 N–H and O–H groups in total. The van der Waals surface area contributed by atoms with E-state index >= 15 is 0 Å². The van der Waals surface area contributed by atoms with E-state index in [9.17, 15) is 4.79 Å². The van der Waals surface area contributed by atoms with Gasteiger partial charge in [-0.25, -0.2) is 0 Å². The maximum atomic E-state index is 14.0. The van der Waals surface area contributed by atoms with E-state index < -0.39 is 0 Å². The summed E-state index contributed by atoms with van der Waals surface area (Å²) in [5.41, 5.74) is 5.29. The van der Waals surface area contributed by atoms with Crippen LogP contribution in [0.2, 0.25) is 5.02 Å². The van der Waals surface area contributed by atoms with Crippen LogP contribution in [0.3, 0.4) is 0 Å². The number of benzene rings is 1. The van der Waals surface area contributed by atoms with Gasteiger partial charge in [-0.05, 0) is 55.9 Å². The van der Waals surface area contributed by atoms with Crippen LogP contribution in [-0.2, 0) is 13.6 Å². The van der Waals surface area contributed by atoms with Crippen molar-refractivity contribution >= 4 is 33.5 Å². The lowest BCUT2D eigenvalue weighted by Gasteiger charge is -2.12. The molecule has 0 saturated heterocycles. The second kappa shape index (κ2) is 7.27. The highest BCUT2D eigenvalue weighted by Crippen LogP contribution is 2.40. The highest BCUT2D eigenvalue weighted by atomic mass is 35.5. The first-order valence-corrected chi connectivity index (χ1v) is 12.1. The Morgan fingerprint density at radius 1 is 1.06 bits per heavy atom. The maximum Gasteiger partial charge on any atom is 0.281 e. The molecule has 2 aliphatic rings. The Morgan fingerprint density at radius 2 is 1.91 bits per heavy atom. The SMILES string of the molecule is Cn1cc2cc(-n3nc4c(Cl)cn(CC5CC5)c4c(-c4ccc(C5CC5)nc4)c3=O)ccc2n1. The third kappa shape index (κ3) is 3.26. The lowest BCUT2D eigenvalue weighted by Crippen LogP contribution is -2.24. The molecule has 5 aromatic rings. The molecule has 0 unspecified atom stereocenters. The number of nitrogens with zero attached hydrogens (tertiary/aromatic N) is 6. The monoisotopic (exact) mass is 470 g/mol. The Hall–Kier alpha value is -3.45. The summed E-state index contributed by atoms with van der Waals surface area (Å²) in [7, 11) is 1.88. The van der Waals surface area contributed by atoms with E-state index in [1.54, 1.807) is 4.68 Å². The number of pyridine rings is 1. The fourth-order valence-corrected chi connectivity index (χ4v) is 5.07. The minimum absolute atomic E-state index is 0.177. The summed E-state index contributed by atoms with van der Waals surface area (Å²) in [4.78, 5) is 18.7. The van der Waals surface area contributed by atoms with E-state index in [4.69, 9.17) is 21.7 Å². The summed E-state index contributed by atoms with van der Waals surface area (Å²) in [6, 6.07) is 9.81. The van der Waals surface area contributed by atoms with Crippen molar-refractivity contribution in [3.63, 3.8) is 0 Å². The number of hydrogen-bond acceptors (Lipinski definition) is 4. The third-order valence-electron chi connectivity index (χ3n) is 6.92. The third-order valence-corrected chi connectivity index (χ3v) is 7.20. The summed E-state index contributed by atoms with van der Waals surface area (Å²) in [5, 5.41) is 10.7. The Bertz CT molecular complexity index is 1640. The molecule has 2 saturated carbocycles. The van der Waals surface area contributed by atoms with Gasteiger partial charge in [0.05, 0.1) is 27.3 Å². The summed E-state index contributed by atoms with van der Waals surface area (Å²) >= 11 is 6.70. The normalized spacial score (nSPS) is 16.1. The van der Waals surface area contributed by atoms with Crippen LogP contribution in [0.1, 0.15) is 37.3 Å². The van der Waals surface area contributed by atoms with Crippen molar-refractivity contribution in [2.24, 2.45) is 13.0 Å². The smallest absolute Gasteiger partial charge is 0.281 e. The van der Waals surface area contributed by atoms with Gasteiger partial charge in [0.2, 0.25) is 0 Å². The molecule has 1 aromatic carbocycles. The van der Waals surface area contributed by atoms with E-state index in [2.05, 4.69) is 15.7 Å². The molecular formula is C26H23ClN6O. The molecule has 2 fully saturated rings. The summed E-state index contributed by atoms with van der Waals surface area (Å²) in [5.74, 6) is 1.19. The van der Waals surface area contributed by atoms with Crippen molar-refractivity contribution in [1.82, 2.24) is 29.1 Å². The van der Waals surface area contributed by atoms with Crippen molar-refractivity contribution in [2.45, 2.75) is 38.1 Å². The van der Waals surface area contributed by atoms with Gasteiger partial charge in [0.1, 0.15) is 5.52 Å². The van der Waals surface area contributed by atoms with Crippen LogP contribution in [0.15, 0.2) is 53.7 Å². The molecule has 8 heteroatoms. The van der Waals surface area contributed by atoms with E-state index in [1.165, 1.54) is 30.4 Å². The molecule has 4 heterocycles. The number of fused-ring (bicyclic) bond motifs is 2. The minimum Gasteiger partial charge on any atom is -0.344 e. The standard InChI is InChI=1S/C26H23ClN6O/c1-31-13-18-10-19(7-9-22(18)29-31)33-26(34)23(17-6-8-21(28-11-17)16-4-5-16)25-24(30-33)20(27)14-32(25)12-15-2-3-15/h6-11,13-16H,2-5,12H2,1H3. The molecule has 0 aliphatic heterocycles. The highest BCUT2D eigenvalue weighted by Gasteiger charge is 2.28. The van der Waals surface area contributed by atoms with Gasteiger partial charge in [0.15, 0.2) is 0 Å². The molecule has 7 rings (SSSR count). The zero-order valence-corrected chi connectivity index (χ0v) is 19.5. The topological polar surface area (TPSA) is 70.5 Å². The van der Waals surface area contributed by atoms with Crippen molar-refractivity contribution in [1.29, 1.82) is 0 Å². The molecule has 34 heavy (non-hydrogen) atoms. The number of aromatic nitrogens is 6. The molecule has 0 bridgehead atoms. The zero-order chi connectivity index (χ0) is 23.0. The van der Waals surface area contributed by atoms with Crippen LogP contribution in [0.25, 0.3) is 38.8 Å². The van der Waals surface area contributed by atoms with Crippen LogP contribution < -0.4 is 5.56 Å². The number of halogens is 1. The van der Waals surface area contributed by atoms with E-state index in [1.807, 2.05) is 49.9 Å². The quantitative estimate of drug-likeness (QED) is 0.359. The Kier molecular flexibility index (Phi) is 4.27. The van der Waals surface area contributed by atoms with Crippen LogP contribution >= 0.6 is 11.6 Å². The zero-order valence-electron chi connectivity index (χ0n) is 18.8. The van der Waals surface area contributed by atoms with Gasteiger partial charge in [-0.15, -0.1) is 0 Å². The van der Waals surface area contributed by atoms with Gasteiger partial charge in [0, 0.05) is 54.7 Å². The van der Waals surface area contributed by atoms with Gasteiger partial charge < -0.3 is 4.57 Å². The van der Waals surface area contributed by atoms with Crippen molar-refractivity contribution in [3.05, 3.63) is 70.0 Å². The summed E-state index contributed by atoms with van der Waals surface area (Å²) < 4.78 is 5.34. The van der Waals surface area contributed by atoms with E-state index in [-0.39, 0.29) is 5.56 Å². The maximum absolute atomic E-state index is 14.0. The number of hydrogen-bond donors (Lipinski definition) is 0. The molecule has 170 valence electrons. The second-order valence-electron chi connectivity index (χ2n) is 9.65. The molecular weight excluding hydrogens is 448 g/mol. The Balaban J connectivity index is 1.48.